The highest BCUT2D eigenvalue weighted by molar-refractivity contribution is 7.85. The molecule has 0 saturated carbocycles. The van der Waals surface area contributed by atoms with Gasteiger partial charge in [0.2, 0.25) is 0 Å². The van der Waals surface area contributed by atoms with Crippen molar-refractivity contribution in [2.24, 2.45) is 0 Å². The number of hydrogen-bond donors (Lipinski definition) is 0. The lowest BCUT2D eigenvalue weighted by atomic mass is 10.1. The van der Waals surface area contributed by atoms with Crippen LogP contribution in [-0.4, -0.2) is 22.9 Å². The standard InChI is InChI=1S/C16H16O3S/c1-12-5-3-8-15(9-12)20(18)11-16(17)13-6-4-7-14(10-13)19-2/h3-10H,11H2,1-2H3. The highest BCUT2D eigenvalue weighted by atomic mass is 32.2. The van der Waals surface area contributed by atoms with Gasteiger partial charge in [-0.25, -0.2) is 0 Å². The average molecular weight is 288 g/mol. The van der Waals surface area contributed by atoms with Gasteiger partial charge in [-0.2, -0.15) is 0 Å². The second kappa shape index (κ2) is 6.48. The van der Waals surface area contributed by atoms with E-state index in [1.165, 1.54) is 0 Å². The van der Waals surface area contributed by atoms with Crippen molar-refractivity contribution in [3.8, 4) is 5.75 Å². The molecule has 0 aliphatic rings. The Kier molecular flexibility index (Phi) is 4.69. The van der Waals surface area contributed by atoms with Crippen LogP contribution in [0.2, 0.25) is 0 Å². The molecule has 0 amide bonds. The van der Waals surface area contributed by atoms with E-state index in [1.54, 1.807) is 37.4 Å². The molecule has 1 unspecified atom stereocenters. The van der Waals surface area contributed by atoms with E-state index in [-0.39, 0.29) is 11.5 Å². The van der Waals surface area contributed by atoms with Gasteiger partial charge in [0.15, 0.2) is 5.78 Å². The second-order valence-electron chi connectivity index (χ2n) is 4.46. The largest absolute Gasteiger partial charge is 0.497 e. The van der Waals surface area contributed by atoms with Crippen molar-refractivity contribution >= 4 is 16.6 Å². The van der Waals surface area contributed by atoms with Gasteiger partial charge in [0.05, 0.1) is 23.7 Å². The highest BCUT2D eigenvalue weighted by Crippen LogP contribution is 2.15. The van der Waals surface area contributed by atoms with Crippen molar-refractivity contribution in [3.05, 3.63) is 59.7 Å². The van der Waals surface area contributed by atoms with Crippen molar-refractivity contribution in [2.45, 2.75) is 11.8 Å². The fourth-order valence-electron chi connectivity index (χ4n) is 1.84. The SMILES string of the molecule is COc1cccc(C(=O)CS(=O)c2cccc(C)c2)c1. The van der Waals surface area contributed by atoms with Gasteiger partial charge in [0.1, 0.15) is 5.75 Å². The summed E-state index contributed by atoms with van der Waals surface area (Å²) in [5.41, 5.74) is 1.55. The molecule has 0 spiro atoms. The molecule has 0 fully saturated rings. The minimum Gasteiger partial charge on any atom is -0.497 e. The average Bonchev–Trinajstić information content (AvgIpc) is 2.47. The molecule has 0 aromatic heterocycles. The molecule has 2 rings (SSSR count). The van der Waals surface area contributed by atoms with Crippen molar-refractivity contribution in [3.63, 3.8) is 0 Å². The predicted octanol–water partition coefficient (Wildman–Crippen LogP) is 2.99. The molecule has 20 heavy (non-hydrogen) atoms. The van der Waals surface area contributed by atoms with Crippen molar-refractivity contribution in [2.75, 3.05) is 12.9 Å². The van der Waals surface area contributed by atoms with E-state index in [0.717, 1.165) is 5.56 Å². The van der Waals surface area contributed by atoms with Crippen LogP contribution in [0.1, 0.15) is 15.9 Å². The van der Waals surface area contributed by atoms with E-state index in [2.05, 4.69) is 0 Å². The normalized spacial score (nSPS) is 11.9. The van der Waals surface area contributed by atoms with Gasteiger partial charge < -0.3 is 4.74 Å². The van der Waals surface area contributed by atoms with E-state index < -0.39 is 10.8 Å². The topological polar surface area (TPSA) is 43.4 Å². The van der Waals surface area contributed by atoms with Gasteiger partial charge in [0.25, 0.3) is 0 Å². The smallest absolute Gasteiger partial charge is 0.175 e. The summed E-state index contributed by atoms with van der Waals surface area (Å²) in [6.07, 6.45) is 0. The fourth-order valence-corrected chi connectivity index (χ4v) is 2.96. The number of carbonyl (C=O) groups is 1. The molecule has 0 aliphatic heterocycles. The lowest BCUT2D eigenvalue weighted by Gasteiger charge is -2.05. The third kappa shape index (κ3) is 3.54. The van der Waals surface area contributed by atoms with Crippen LogP contribution in [0, 0.1) is 6.92 Å². The van der Waals surface area contributed by atoms with E-state index in [4.69, 9.17) is 4.74 Å². The van der Waals surface area contributed by atoms with E-state index in [0.29, 0.717) is 16.2 Å². The van der Waals surface area contributed by atoms with Gasteiger partial charge >= 0.3 is 0 Å². The molecule has 0 radical (unpaired) electrons. The van der Waals surface area contributed by atoms with Crippen LogP contribution in [-0.2, 0) is 10.8 Å². The van der Waals surface area contributed by atoms with Gasteiger partial charge in [-0.15, -0.1) is 0 Å². The summed E-state index contributed by atoms with van der Waals surface area (Å²) in [5.74, 6) is 0.456. The van der Waals surface area contributed by atoms with Crippen LogP contribution >= 0.6 is 0 Å². The Morgan fingerprint density at radius 3 is 2.60 bits per heavy atom. The first-order valence-electron chi connectivity index (χ1n) is 6.22. The van der Waals surface area contributed by atoms with Crippen molar-refractivity contribution < 1.29 is 13.7 Å². The number of aryl methyl sites for hydroxylation is 1. The molecule has 2 aromatic carbocycles. The number of benzene rings is 2. The molecule has 104 valence electrons. The number of rotatable bonds is 5. The second-order valence-corrected chi connectivity index (χ2v) is 5.91. The van der Waals surface area contributed by atoms with Crippen LogP contribution in [0.3, 0.4) is 0 Å². The minimum atomic E-state index is -1.32. The van der Waals surface area contributed by atoms with E-state index in [9.17, 15) is 9.00 Å². The first kappa shape index (κ1) is 14.5. The summed E-state index contributed by atoms with van der Waals surface area (Å²) in [6.45, 7) is 1.94. The third-order valence-corrected chi connectivity index (χ3v) is 4.21. The van der Waals surface area contributed by atoms with Gasteiger partial charge in [-0.1, -0.05) is 24.3 Å². The Balaban J connectivity index is 2.13. The summed E-state index contributed by atoms with van der Waals surface area (Å²) in [5, 5.41) is 0. The molecule has 3 nitrogen and oxygen atoms in total. The van der Waals surface area contributed by atoms with Crippen LogP contribution in [0.25, 0.3) is 0 Å². The van der Waals surface area contributed by atoms with Crippen LogP contribution in [0.15, 0.2) is 53.4 Å². The van der Waals surface area contributed by atoms with Gasteiger partial charge in [-0.3, -0.25) is 9.00 Å². The lowest BCUT2D eigenvalue weighted by Crippen LogP contribution is -2.11. The van der Waals surface area contributed by atoms with E-state index in [1.807, 2.05) is 25.1 Å². The quantitative estimate of drug-likeness (QED) is 0.794. The Bertz CT molecular complexity index is 650. The maximum Gasteiger partial charge on any atom is 0.175 e. The molecule has 1 atom stereocenters. The molecule has 0 saturated heterocycles. The van der Waals surface area contributed by atoms with Crippen molar-refractivity contribution in [1.29, 1.82) is 0 Å². The fraction of sp³-hybridized carbons (Fsp3) is 0.188. The summed E-state index contributed by atoms with van der Waals surface area (Å²) in [6, 6.07) is 14.3. The Morgan fingerprint density at radius 1 is 1.15 bits per heavy atom. The maximum absolute atomic E-state index is 12.2. The predicted molar refractivity (Wildman–Crippen MR) is 79.8 cm³/mol. The third-order valence-electron chi connectivity index (χ3n) is 2.91. The molecule has 0 aliphatic carbocycles. The lowest BCUT2D eigenvalue weighted by molar-refractivity contribution is 0.102. The van der Waals surface area contributed by atoms with Gasteiger partial charge in [-0.05, 0) is 36.8 Å². The zero-order valence-corrected chi connectivity index (χ0v) is 12.3. The summed E-state index contributed by atoms with van der Waals surface area (Å²) in [7, 11) is 0.227. The summed E-state index contributed by atoms with van der Waals surface area (Å²) >= 11 is 0. The van der Waals surface area contributed by atoms with Gasteiger partial charge in [0, 0.05) is 10.5 Å². The van der Waals surface area contributed by atoms with Crippen LogP contribution < -0.4 is 4.74 Å². The first-order chi connectivity index (χ1) is 9.60. The minimum absolute atomic E-state index is 0.0172. The number of methoxy groups -OCH3 is 1. The number of hydrogen-bond acceptors (Lipinski definition) is 3. The summed E-state index contributed by atoms with van der Waals surface area (Å²) in [4.78, 5) is 12.8. The van der Waals surface area contributed by atoms with Crippen molar-refractivity contribution in [1.82, 2.24) is 0 Å². The molecule has 2 aromatic rings. The number of carbonyl (C=O) groups excluding carboxylic acids is 1. The number of ketones is 1. The molecule has 4 heteroatoms. The first-order valence-corrected chi connectivity index (χ1v) is 7.54. The number of ether oxygens (including phenoxy) is 1. The Morgan fingerprint density at radius 2 is 1.90 bits per heavy atom. The van der Waals surface area contributed by atoms with Crippen LogP contribution in [0.5, 0.6) is 5.75 Å². The Hall–Kier alpha value is -1.94. The monoisotopic (exact) mass is 288 g/mol. The number of Topliss-reactive ketones (excluding diaryl/α,β-unsaturated/α-hetero) is 1. The summed E-state index contributed by atoms with van der Waals surface area (Å²) < 4.78 is 17.3. The maximum atomic E-state index is 12.2. The Labute approximate surface area is 121 Å². The molecular formula is C16H16O3S. The van der Waals surface area contributed by atoms with E-state index >= 15 is 0 Å². The molecular weight excluding hydrogens is 272 g/mol. The molecule has 0 N–H and O–H groups in total. The molecule has 0 bridgehead atoms. The highest BCUT2D eigenvalue weighted by Gasteiger charge is 2.13. The zero-order valence-electron chi connectivity index (χ0n) is 11.5. The zero-order chi connectivity index (χ0) is 14.5. The molecule has 0 heterocycles. The van der Waals surface area contributed by atoms with Crippen LogP contribution in [0.4, 0.5) is 0 Å².